The van der Waals surface area contributed by atoms with Gasteiger partial charge in [-0.25, -0.2) is 0 Å². The highest BCUT2D eigenvalue weighted by molar-refractivity contribution is 6.34. The Labute approximate surface area is 154 Å². The number of benzene rings is 2. The topological polar surface area (TPSA) is 47.6 Å². The van der Waals surface area contributed by atoms with Crippen LogP contribution < -0.4 is 14.8 Å². The highest BCUT2D eigenvalue weighted by Crippen LogP contribution is 2.27. The molecule has 0 radical (unpaired) electrons. The monoisotopic (exact) mass is 361 g/mol. The van der Waals surface area contributed by atoms with Crippen molar-refractivity contribution >= 4 is 23.2 Å². The Balaban J connectivity index is 1.75. The predicted octanol–water partition coefficient (Wildman–Crippen LogP) is 5.15. The van der Waals surface area contributed by atoms with Gasteiger partial charge in [0.1, 0.15) is 11.5 Å². The van der Waals surface area contributed by atoms with Gasteiger partial charge in [0, 0.05) is 6.42 Å². The lowest BCUT2D eigenvalue weighted by Crippen LogP contribution is -2.14. The van der Waals surface area contributed by atoms with Crippen molar-refractivity contribution in [2.24, 2.45) is 0 Å². The predicted molar refractivity (Wildman–Crippen MR) is 102 cm³/mol. The molecular weight excluding hydrogens is 338 g/mol. The fraction of sp³-hybridized carbons (Fsp3) is 0.350. The summed E-state index contributed by atoms with van der Waals surface area (Å²) < 4.78 is 11.0. The van der Waals surface area contributed by atoms with Crippen LogP contribution in [0.3, 0.4) is 0 Å². The van der Waals surface area contributed by atoms with Crippen LogP contribution in [-0.4, -0.2) is 19.1 Å². The van der Waals surface area contributed by atoms with E-state index in [1.165, 1.54) is 0 Å². The number of ether oxygens (including phenoxy) is 2. The number of hydrogen-bond donors (Lipinski definition) is 1. The Morgan fingerprint density at radius 1 is 1.08 bits per heavy atom. The van der Waals surface area contributed by atoms with Crippen molar-refractivity contribution in [2.75, 3.05) is 18.5 Å². The zero-order valence-electron chi connectivity index (χ0n) is 14.9. The molecular formula is C20H24ClNO3. The lowest BCUT2D eigenvalue weighted by Gasteiger charge is -2.12. The molecule has 0 aromatic heterocycles. The fourth-order valence-corrected chi connectivity index (χ4v) is 2.87. The molecule has 2 aromatic rings. The van der Waals surface area contributed by atoms with Crippen molar-refractivity contribution < 1.29 is 14.3 Å². The molecule has 5 heteroatoms. The Morgan fingerprint density at radius 2 is 1.72 bits per heavy atom. The van der Waals surface area contributed by atoms with Gasteiger partial charge in [-0.15, -0.1) is 0 Å². The van der Waals surface area contributed by atoms with Gasteiger partial charge in [-0.2, -0.15) is 0 Å². The average molecular weight is 362 g/mol. The molecule has 0 aliphatic heterocycles. The number of hydrogen-bond acceptors (Lipinski definition) is 3. The van der Waals surface area contributed by atoms with Crippen LogP contribution in [0.15, 0.2) is 36.4 Å². The highest BCUT2D eigenvalue weighted by atomic mass is 35.5. The third-order valence-corrected chi connectivity index (χ3v) is 3.95. The molecule has 1 N–H and O–H groups in total. The van der Waals surface area contributed by atoms with Crippen molar-refractivity contribution in [3.63, 3.8) is 0 Å². The number of anilines is 1. The van der Waals surface area contributed by atoms with Gasteiger partial charge < -0.3 is 14.8 Å². The van der Waals surface area contributed by atoms with Crippen LogP contribution in [0.1, 0.15) is 30.9 Å². The second-order valence-corrected chi connectivity index (χ2v) is 6.25. The van der Waals surface area contributed by atoms with Gasteiger partial charge in [-0.05, 0) is 68.7 Å². The van der Waals surface area contributed by atoms with E-state index >= 15 is 0 Å². The molecule has 4 nitrogen and oxygen atoms in total. The number of amides is 1. The summed E-state index contributed by atoms with van der Waals surface area (Å²) in [5.41, 5.74) is 2.72. The Morgan fingerprint density at radius 3 is 2.32 bits per heavy atom. The number of carbonyl (C=O) groups is 1. The summed E-state index contributed by atoms with van der Waals surface area (Å²) in [4.78, 5) is 12.1. The molecule has 0 spiro atoms. The maximum Gasteiger partial charge on any atom is 0.224 e. The van der Waals surface area contributed by atoms with Crippen LogP contribution in [0.2, 0.25) is 5.02 Å². The van der Waals surface area contributed by atoms with Gasteiger partial charge in [0.2, 0.25) is 5.91 Å². The quantitative estimate of drug-likeness (QED) is 0.661. The SMILES string of the molecule is CCOc1ccc(OCCCC(=O)Nc2c(C)cc(C)cc2Cl)cc1. The van der Waals surface area contributed by atoms with Crippen molar-refractivity contribution in [1.29, 1.82) is 0 Å². The molecule has 0 aliphatic rings. The number of halogens is 1. The smallest absolute Gasteiger partial charge is 0.224 e. The summed E-state index contributed by atoms with van der Waals surface area (Å²) in [5.74, 6) is 1.52. The van der Waals surface area contributed by atoms with Crippen molar-refractivity contribution in [3.8, 4) is 11.5 Å². The van der Waals surface area contributed by atoms with E-state index < -0.39 is 0 Å². The van der Waals surface area contributed by atoms with Crippen LogP contribution in [0.25, 0.3) is 0 Å². The Hall–Kier alpha value is -2.20. The molecule has 0 bridgehead atoms. The molecule has 0 atom stereocenters. The van der Waals surface area contributed by atoms with Crippen LogP contribution in [0.5, 0.6) is 11.5 Å². The molecule has 0 unspecified atom stereocenters. The van der Waals surface area contributed by atoms with Gasteiger partial charge in [0.15, 0.2) is 0 Å². The summed E-state index contributed by atoms with van der Waals surface area (Å²) in [6.45, 7) is 6.97. The minimum Gasteiger partial charge on any atom is -0.494 e. The van der Waals surface area contributed by atoms with E-state index in [9.17, 15) is 4.79 Å². The normalized spacial score (nSPS) is 10.4. The minimum atomic E-state index is -0.0656. The summed E-state index contributed by atoms with van der Waals surface area (Å²) in [6.07, 6.45) is 1.00. The second kappa shape index (κ2) is 9.33. The molecule has 0 aliphatic carbocycles. The van der Waals surface area contributed by atoms with Gasteiger partial charge in [-0.1, -0.05) is 17.7 Å². The van der Waals surface area contributed by atoms with Crippen LogP contribution in [0, 0.1) is 13.8 Å². The number of nitrogens with one attached hydrogen (secondary N) is 1. The van der Waals surface area contributed by atoms with E-state index in [2.05, 4.69) is 5.32 Å². The molecule has 0 fully saturated rings. The first kappa shape index (κ1) is 19.1. The second-order valence-electron chi connectivity index (χ2n) is 5.84. The highest BCUT2D eigenvalue weighted by Gasteiger charge is 2.09. The zero-order chi connectivity index (χ0) is 18.2. The van der Waals surface area contributed by atoms with Crippen molar-refractivity contribution in [2.45, 2.75) is 33.6 Å². The maximum absolute atomic E-state index is 12.1. The largest absolute Gasteiger partial charge is 0.494 e. The van der Waals surface area contributed by atoms with Crippen molar-refractivity contribution in [3.05, 3.63) is 52.5 Å². The Kier molecular flexibility index (Phi) is 7.14. The van der Waals surface area contributed by atoms with Crippen LogP contribution in [-0.2, 0) is 4.79 Å². The summed E-state index contributed by atoms with van der Waals surface area (Å²) in [6, 6.07) is 11.3. The molecule has 0 saturated carbocycles. The number of carbonyl (C=O) groups excluding carboxylic acids is 1. The van der Waals surface area contributed by atoms with Gasteiger partial charge >= 0.3 is 0 Å². The average Bonchev–Trinajstić information content (AvgIpc) is 2.56. The molecule has 25 heavy (non-hydrogen) atoms. The summed E-state index contributed by atoms with van der Waals surface area (Å²) >= 11 is 6.21. The minimum absolute atomic E-state index is 0.0656. The summed E-state index contributed by atoms with van der Waals surface area (Å²) in [5, 5.41) is 3.45. The van der Waals surface area contributed by atoms with E-state index in [-0.39, 0.29) is 5.91 Å². The molecule has 2 rings (SSSR count). The maximum atomic E-state index is 12.1. The first-order chi connectivity index (χ1) is 12.0. The van der Waals surface area contributed by atoms with Gasteiger partial charge in [-0.3, -0.25) is 4.79 Å². The molecule has 0 heterocycles. The third kappa shape index (κ3) is 5.98. The summed E-state index contributed by atoms with van der Waals surface area (Å²) in [7, 11) is 0. The molecule has 0 saturated heterocycles. The third-order valence-electron chi connectivity index (χ3n) is 3.65. The van der Waals surface area contributed by atoms with Crippen molar-refractivity contribution in [1.82, 2.24) is 0 Å². The molecule has 1 amide bonds. The molecule has 134 valence electrons. The van der Waals surface area contributed by atoms with E-state index in [0.717, 1.165) is 22.6 Å². The fourth-order valence-electron chi connectivity index (χ4n) is 2.50. The van der Waals surface area contributed by atoms with Gasteiger partial charge in [0.05, 0.1) is 23.9 Å². The van der Waals surface area contributed by atoms with E-state index in [1.54, 1.807) is 0 Å². The van der Waals surface area contributed by atoms with E-state index in [4.69, 9.17) is 21.1 Å². The number of aryl methyl sites for hydroxylation is 2. The number of rotatable bonds is 8. The standard InChI is InChI=1S/C20H24ClNO3/c1-4-24-16-7-9-17(10-8-16)25-11-5-6-19(23)22-20-15(3)12-14(2)13-18(20)21/h7-10,12-13H,4-6,11H2,1-3H3,(H,22,23). The first-order valence-corrected chi connectivity index (χ1v) is 8.79. The molecule has 2 aromatic carbocycles. The zero-order valence-corrected chi connectivity index (χ0v) is 15.7. The van der Waals surface area contributed by atoms with Crippen LogP contribution >= 0.6 is 11.6 Å². The lowest BCUT2D eigenvalue weighted by atomic mass is 10.1. The lowest BCUT2D eigenvalue weighted by molar-refractivity contribution is -0.116. The van der Waals surface area contributed by atoms with Gasteiger partial charge in [0.25, 0.3) is 0 Å². The van der Waals surface area contributed by atoms with E-state index in [0.29, 0.717) is 36.8 Å². The van der Waals surface area contributed by atoms with E-state index in [1.807, 2.05) is 57.2 Å². The Bertz CT molecular complexity index is 690. The first-order valence-electron chi connectivity index (χ1n) is 8.42. The van der Waals surface area contributed by atoms with Crippen LogP contribution in [0.4, 0.5) is 5.69 Å².